The molecular weight excluding hydrogens is 206 g/mol. The third kappa shape index (κ3) is 5.12. The van der Waals surface area contributed by atoms with Gasteiger partial charge in [0.25, 0.3) is 0 Å². The summed E-state index contributed by atoms with van der Waals surface area (Å²) in [4.78, 5) is 0. The van der Waals surface area contributed by atoms with Crippen molar-refractivity contribution in [2.24, 2.45) is 5.92 Å². The minimum Gasteiger partial charge on any atom is -0.242 e. The lowest BCUT2D eigenvalue weighted by atomic mass is 9.87. The van der Waals surface area contributed by atoms with Gasteiger partial charge in [-0.2, -0.15) is 0 Å². The smallest absolute Gasteiger partial charge is 0.0970 e. The SMILES string of the molecule is CC(C)(C)S(=O)NCCC1CCCCC1. The van der Waals surface area contributed by atoms with Crippen molar-refractivity contribution < 1.29 is 4.21 Å². The Balaban J connectivity index is 2.12. The first kappa shape index (κ1) is 13.2. The Hall–Kier alpha value is 0.110. The van der Waals surface area contributed by atoms with Gasteiger partial charge in [-0.1, -0.05) is 32.1 Å². The first-order chi connectivity index (χ1) is 7.00. The lowest BCUT2D eigenvalue weighted by molar-refractivity contribution is 0.340. The third-order valence-electron chi connectivity index (χ3n) is 3.07. The molecule has 2 nitrogen and oxygen atoms in total. The second kappa shape index (κ2) is 6.00. The van der Waals surface area contributed by atoms with Crippen molar-refractivity contribution >= 4 is 11.0 Å². The predicted octanol–water partition coefficient (Wildman–Crippen LogP) is 3.01. The van der Waals surface area contributed by atoms with E-state index in [1.807, 2.05) is 20.8 Å². The summed E-state index contributed by atoms with van der Waals surface area (Å²) in [7, 11) is -0.892. The molecule has 1 aliphatic carbocycles. The Morgan fingerprint density at radius 2 is 1.80 bits per heavy atom. The molecular formula is C12H25NOS. The van der Waals surface area contributed by atoms with Crippen LogP contribution in [0.3, 0.4) is 0 Å². The van der Waals surface area contributed by atoms with Crippen LogP contribution in [0.4, 0.5) is 0 Å². The van der Waals surface area contributed by atoms with Crippen molar-refractivity contribution in [3.63, 3.8) is 0 Å². The maximum Gasteiger partial charge on any atom is 0.0970 e. The lowest BCUT2D eigenvalue weighted by Crippen LogP contribution is -2.34. The Labute approximate surface area is 96.8 Å². The molecule has 1 rings (SSSR count). The van der Waals surface area contributed by atoms with Crippen LogP contribution >= 0.6 is 0 Å². The van der Waals surface area contributed by atoms with Gasteiger partial charge in [-0.3, -0.25) is 0 Å². The minimum atomic E-state index is -0.892. The van der Waals surface area contributed by atoms with Crippen molar-refractivity contribution in [3.05, 3.63) is 0 Å². The molecule has 15 heavy (non-hydrogen) atoms. The highest BCUT2D eigenvalue weighted by molar-refractivity contribution is 7.84. The number of hydrogen-bond acceptors (Lipinski definition) is 1. The van der Waals surface area contributed by atoms with Gasteiger partial charge >= 0.3 is 0 Å². The van der Waals surface area contributed by atoms with E-state index in [-0.39, 0.29) is 4.75 Å². The summed E-state index contributed by atoms with van der Waals surface area (Å²) in [5, 5.41) is 0. The molecule has 3 heteroatoms. The topological polar surface area (TPSA) is 29.1 Å². The van der Waals surface area contributed by atoms with Crippen LogP contribution in [0.2, 0.25) is 0 Å². The van der Waals surface area contributed by atoms with Gasteiger partial charge in [0.2, 0.25) is 0 Å². The molecule has 1 fully saturated rings. The van der Waals surface area contributed by atoms with Gasteiger partial charge in [-0.05, 0) is 33.1 Å². The van der Waals surface area contributed by atoms with Crippen LogP contribution in [0.25, 0.3) is 0 Å². The van der Waals surface area contributed by atoms with E-state index in [9.17, 15) is 4.21 Å². The van der Waals surface area contributed by atoms with E-state index in [0.717, 1.165) is 12.5 Å². The standard InChI is InChI=1S/C12H25NOS/c1-12(2,3)15(14)13-10-9-11-7-5-4-6-8-11/h11,13H,4-10H2,1-3H3. The van der Waals surface area contributed by atoms with E-state index in [0.29, 0.717) is 0 Å². The zero-order chi connectivity index (χ0) is 11.3. The fraction of sp³-hybridized carbons (Fsp3) is 1.00. The molecule has 0 aromatic heterocycles. The van der Waals surface area contributed by atoms with Crippen LogP contribution in [-0.4, -0.2) is 15.5 Å². The highest BCUT2D eigenvalue weighted by Crippen LogP contribution is 2.25. The zero-order valence-corrected chi connectivity index (χ0v) is 11.2. The average Bonchev–Trinajstić information content (AvgIpc) is 2.18. The van der Waals surface area contributed by atoms with E-state index in [1.54, 1.807) is 0 Å². The van der Waals surface area contributed by atoms with Crippen LogP contribution in [0.5, 0.6) is 0 Å². The molecule has 0 bridgehead atoms. The largest absolute Gasteiger partial charge is 0.242 e. The predicted molar refractivity (Wildman–Crippen MR) is 67.1 cm³/mol. The van der Waals surface area contributed by atoms with Gasteiger partial charge in [0.1, 0.15) is 0 Å². The summed E-state index contributed by atoms with van der Waals surface area (Å²) < 4.78 is 14.7. The Kier molecular flexibility index (Phi) is 5.27. The highest BCUT2D eigenvalue weighted by atomic mass is 32.2. The van der Waals surface area contributed by atoms with Gasteiger partial charge in [-0.25, -0.2) is 8.93 Å². The summed E-state index contributed by atoms with van der Waals surface area (Å²) >= 11 is 0. The maximum absolute atomic E-state index is 11.7. The first-order valence-electron chi connectivity index (χ1n) is 6.15. The van der Waals surface area contributed by atoms with E-state index >= 15 is 0 Å². The highest BCUT2D eigenvalue weighted by Gasteiger charge is 2.19. The van der Waals surface area contributed by atoms with Gasteiger partial charge < -0.3 is 0 Å². The molecule has 0 aromatic carbocycles. The van der Waals surface area contributed by atoms with Gasteiger partial charge in [0.15, 0.2) is 0 Å². The number of rotatable bonds is 4. The Bertz CT molecular complexity index is 204. The van der Waals surface area contributed by atoms with E-state index < -0.39 is 11.0 Å². The van der Waals surface area contributed by atoms with Gasteiger partial charge in [-0.15, -0.1) is 0 Å². The van der Waals surface area contributed by atoms with E-state index in [4.69, 9.17) is 0 Å². The summed E-state index contributed by atoms with van der Waals surface area (Å²) in [6, 6.07) is 0. The molecule has 1 N–H and O–H groups in total. The molecule has 0 heterocycles. The number of hydrogen-bond donors (Lipinski definition) is 1. The lowest BCUT2D eigenvalue weighted by Gasteiger charge is -2.23. The molecule has 0 aliphatic heterocycles. The van der Waals surface area contributed by atoms with Crippen LogP contribution in [0, 0.1) is 5.92 Å². The molecule has 0 aromatic rings. The van der Waals surface area contributed by atoms with Crippen molar-refractivity contribution in [1.82, 2.24) is 4.72 Å². The van der Waals surface area contributed by atoms with Crippen molar-refractivity contribution in [1.29, 1.82) is 0 Å². The fourth-order valence-corrected chi connectivity index (χ4v) is 2.78. The molecule has 0 saturated heterocycles. The normalized spacial score (nSPS) is 21.5. The molecule has 90 valence electrons. The molecule has 0 amide bonds. The molecule has 1 saturated carbocycles. The van der Waals surface area contributed by atoms with Crippen molar-refractivity contribution in [3.8, 4) is 0 Å². The average molecular weight is 231 g/mol. The van der Waals surface area contributed by atoms with Crippen LogP contribution in [0.15, 0.2) is 0 Å². The summed E-state index contributed by atoms with van der Waals surface area (Å²) in [5.41, 5.74) is 0. The van der Waals surface area contributed by atoms with Crippen LogP contribution in [0.1, 0.15) is 59.3 Å². The Morgan fingerprint density at radius 1 is 1.20 bits per heavy atom. The second-order valence-electron chi connectivity index (χ2n) is 5.57. The second-order valence-corrected chi connectivity index (χ2v) is 7.62. The quantitative estimate of drug-likeness (QED) is 0.792. The van der Waals surface area contributed by atoms with Crippen molar-refractivity contribution in [2.75, 3.05) is 6.54 Å². The molecule has 1 atom stereocenters. The molecule has 1 aliphatic rings. The summed E-state index contributed by atoms with van der Waals surface area (Å²) in [5.74, 6) is 0.878. The molecule has 1 unspecified atom stereocenters. The van der Waals surface area contributed by atoms with Gasteiger partial charge in [0.05, 0.1) is 15.7 Å². The fourth-order valence-electron chi connectivity index (χ4n) is 2.05. The molecule has 0 radical (unpaired) electrons. The van der Waals surface area contributed by atoms with E-state index in [2.05, 4.69) is 4.72 Å². The Morgan fingerprint density at radius 3 is 2.33 bits per heavy atom. The monoisotopic (exact) mass is 231 g/mol. The van der Waals surface area contributed by atoms with Crippen LogP contribution < -0.4 is 4.72 Å². The van der Waals surface area contributed by atoms with E-state index in [1.165, 1.54) is 38.5 Å². The number of nitrogens with one attached hydrogen (secondary N) is 1. The third-order valence-corrected chi connectivity index (χ3v) is 4.65. The summed E-state index contributed by atoms with van der Waals surface area (Å²) in [6.45, 7) is 6.94. The molecule has 0 spiro atoms. The van der Waals surface area contributed by atoms with Crippen LogP contribution in [-0.2, 0) is 11.0 Å². The first-order valence-corrected chi connectivity index (χ1v) is 7.30. The minimum absolute atomic E-state index is 0.132. The zero-order valence-electron chi connectivity index (χ0n) is 10.3. The summed E-state index contributed by atoms with van der Waals surface area (Å²) in [6.07, 6.45) is 8.16. The van der Waals surface area contributed by atoms with Crippen molar-refractivity contribution in [2.45, 2.75) is 64.0 Å². The van der Waals surface area contributed by atoms with Gasteiger partial charge in [0, 0.05) is 6.54 Å². The maximum atomic E-state index is 11.7.